The standard InChI is InChI=1S/C13H10N2O2S/c1-17-13(16)12-5-3-10-2-4-11(14-15(10)12)9-6-7-18-8-9/h2-8H,1H3. The number of fused-ring (bicyclic) bond motifs is 1. The minimum Gasteiger partial charge on any atom is -0.464 e. The molecule has 0 aromatic carbocycles. The van der Waals surface area contributed by atoms with Gasteiger partial charge in [-0.3, -0.25) is 0 Å². The molecule has 3 heterocycles. The average molecular weight is 258 g/mol. The molecule has 0 saturated carbocycles. The molecule has 18 heavy (non-hydrogen) atoms. The van der Waals surface area contributed by atoms with Crippen molar-refractivity contribution in [1.82, 2.24) is 9.61 Å². The maximum Gasteiger partial charge on any atom is 0.356 e. The maximum atomic E-state index is 11.6. The Morgan fingerprint density at radius 1 is 1.28 bits per heavy atom. The third kappa shape index (κ3) is 1.69. The van der Waals surface area contributed by atoms with Gasteiger partial charge in [0.25, 0.3) is 0 Å². The first-order chi connectivity index (χ1) is 8.79. The third-order valence-electron chi connectivity index (χ3n) is 2.72. The lowest BCUT2D eigenvalue weighted by Crippen LogP contribution is -2.07. The van der Waals surface area contributed by atoms with Gasteiger partial charge in [-0.15, -0.1) is 0 Å². The molecule has 5 heteroatoms. The van der Waals surface area contributed by atoms with Gasteiger partial charge in [-0.25, -0.2) is 9.31 Å². The molecule has 0 aliphatic carbocycles. The van der Waals surface area contributed by atoms with Crippen LogP contribution < -0.4 is 0 Å². The molecule has 0 aliphatic heterocycles. The van der Waals surface area contributed by atoms with Crippen LogP contribution in [-0.4, -0.2) is 22.7 Å². The van der Waals surface area contributed by atoms with Crippen LogP contribution in [0.5, 0.6) is 0 Å². The summed E-state index contributed by atoms with van der Waals surface area (Å²) in [5.41, 5.74) is 3.19. The van der Waals surface area contributed by atoms with Crippen molar-refractivity contribution in [2.45, 2.75) is 0 Å². The lowest BCUT2D eigenvalue weighted by atomic mass is 10.2. The molecule has 0 radical (unpaired) electrons. The molecule has 90 valence electrons. The van der Waals surface area contributed by atoms with Gasteiger partial charge in [-0.05, 0) is 35.7 Å². The van der Waals surface area contributed by atoms with E-state index in [2.05, 4.69) is 5.10 Å². The number of hydrogen-bond acceptors (Lipinski definition) is 4. The van der Waals surface area contributed by atoms with Gasteiger partial charge in [0.05, 0.1) is 18.3 Å². The van der Waals surface area contributed by atoms with Gasteiger partial charge in [-0.1, -0.05) is 0 Å². The topological polar surface area (TPSA) is 43.6 Å². The van der Waals surface area contributed by atoms with Crippen LogP contribution in [0, 0.1) is 0 Å². The van der Waals surface area contributed by atoms with Crippen LogP contribution in [0.3, 0.4) is 0 Å². The number of rotatable bonds is 2. The summed E-state index contributed by atoms with van der Waals surface area (Å²) in [6.45, 7) is 0. The minimum absolute atomic E-state index is 0.384. The molecule has 0 saturated heterocycles. The Hall–Kier alpha value is -2.14. The SMILES string of the molecule is COC(=O)c1ccc2ccc(-c3ccsc3)nn12. The Morgan fingerprint density at radius 3 is 2.83 bits per heavy atom. The van der Waals surface area contributed by atoms with Crippen molar-refractivity contribution in [2.75, 3.05) is 7.11 Å². The van der Waals surface area contributed by atoms with E-state index in [1.165, 1.54) is 7.11 Å². The highest BCUT2D eigenvalue weighted by atomic mass is 32.1. The summed E-state index contributed by atoms with van der Waals surface area (Å²) in [5.74, 6) is -0.384. The smallest absolute Gasteiger partial charge is 0.356 e. The zero-order valence-corrected chi connectivity index (χ0v) is 10.5. The quantitative estimate of drug-likeness (QED) is 0.664. The van der Waals surface area contributed by atoms with Crippen LogP contribution in [0.25, 0.3) is 16.8 Å². The Balaban J connectivity index is 2.18. The number of carbonyl (C=O) groups is 1. The summed E-state index contributed by atoms with van der Waals surface area (Å²) in [7, 11) is 1.37. The highest BCUT2D eigenvalue weighted by Crippen LogP contribution is 2.21. The molecular formula is C13H10N2O2S. The van der Waals surface area contributed by atoms with Gasteiger partial charge in [-0.2, -0.15) is 16.4 Å². The first-order valence-corrected chi connectivity index (χ1v) is 6.33. The van der Waals surface area contributed by atoms with Crippen molar-refractivity contribution in [2.24, 2.45) is 0 Å². The number of carbonyl (C=O) groups excluding carboxylic acids is 1. The first kappa shape index (κ1) is 11.0. The molecule has 0 aliphatic rings. The zero-order valence-electron chi connectivity index (χ0n) is 9.66. The molecule has 3 aromatic heterocycles. The van der Waals surface area contributed by atoms with Crippen LogP contribution in [0.4, 0.5) is 0 Å². The fourth-order valence-electron chi connectivity index (χ4n) is 1.81. The Kier molecular flexibility index (Phi) is 2.60. The molecular weight excluding hydrogens is 248 g/mol. The van der Waals surface area contributed by atoms with Gasteiger partial charge >= 0.3 is 5.97 Å². The maximum absolute atomic E-state index is 11.6. The third-order valence-corrected chi connectivity index (χ3v) is 3.40. The summed E-state index contributed by atoms with van der Waals surface area (Å²) in [4.78, 5) is 11.6. The van der Waals surface area contributed by atoms with E-state index in [-0.39, 0.29) is 5.97 Å². The van der Waals surface area contributed by atoms with E-state index >= 15 is 0 Å². The fourth-order valence-corrected chi connectivity index (χ4v) is 2.46. The van der Waals surface area contributed by atoms with Crippen LogP contribution in [-0.2, 0) is 4.74 Å². The van der Waals surface area contributed by atoms with E-state index in [4.69, 9.17) is 4.74 Å². The molecule has 4 nitrogen and oxygen atoms in total. The predicted molar refractivity (Wildman–Crippen MR) is 69.8 cm³/mol. The van der Waals surface area contributed by atoms with Gasteiger partial charge < -0.3 is 4.74 Å². The number of aromatic nitrogens is 2. The molecule has 0 atom stereocenters. The zero-order chi connectivity index (χ0) is 12.5. The van der Waals surface area contributed by atoms with Crippen LogP contribution in [0.2, 0.25) is 0 Å². The second kappa shape index (κ2) is 4.27. The van der Waals surface area contributed by atoms with Gasteiger partial charge in [0.1, 0.15) is 0 Å². The van der Waals surface area contributed by atoms with E-state index in [9.17, 15) is 4.79 Å². The van der Waals surface area contributed by atoms with E-state index in [0.717, 1.165) is 16.8 Å². The van der Waals surface area contributed by atoms with Crippen molar-refractivity contribution in [3.05, 3.63) is 46.8 Å². The first-order valence-electron chi connectivity index (χ1n) is 5.39. The Bertz CT molecular complexity index is 701. The largest absolute Gasteiger partial charge is 0.464 e. The fraction of sp³-hybridized carbons (Fsp3) is 0.0769. The molecule has 0 spiro atoms. The summed E-state index contributed by atoms with van der Waals surface area (Å²) in [6, 6.07) is 9.44. The number of nitrogens with zero attached hydrogens (tertiary/aromatic N) is 2. The summed E-state index contributed by atoms with van der Waals surface area (Å²) < 4.78 is 6.35. The van der Waals surface area contributed by atoms with Crippen molar-refractivity contribution in [1.29, 1.82) is 0 Å². The Morgan fingerprint density at radius 2 is 2.11 bits per heavy atom. The van der Waals surface area contributed by atoms with Crippen molar-refractivity contribution >= 4 is 22.8 Å². The van der Waals surface area contributed by atoms with Gasteiger partial charge in [0, 0.05) is 10.9 Å². The highest BCUT2D eigenvalue weighted by Gasteiger charge is 2.12. The highest BCUT2D eigenvalue weighted by molar-refractivity contribution is 7.08. The second-order valence-corrected chi connectivity index (χ2v) is 4.56. The Labute approximate surface area is 107 Å². The monoisotopic (exact) mass is 258 g/mol. The van der Waals surface area contributed by atoms with E-state index in [0.29, 0.717) is 5.69 Å². The van der Waals surface area contributed by atoms with Crippen molar-refractivity contribution < 1.29 is 9.53 Å². The van der Waals surface area contributed by atoms with E-state index in [1.807, 2.05) is 35.0 Å². The van der Waals surface area contributed by atoms with Gasteiger partial charge in [0.15, 0.2) is 5.69 Å². The number of hydrogen-bond donors (Lipinski definition) is 0. The normalized spacial score (nSPS) is 10.7. The van der Waals surface area contributed by atoms with E-state index in [1.54, 1.807) is 21.9 Å². The molecule has 0 amide bonds. The lowest BCUT2D eigenvalue weighted by Gasteiger charge is -2.02. The molecule has 0 bridgehead atoms. The number of esters is 1. The molecule has 0 fully saturated rings. The van der Waals surface area contributed by atoms with E-state index < -0.39 is 0 Å². The molecule has 0 unspecified atom stereocenters. The number of thiophene rings is 1. The average Bonchev–Trinajstić information content (AvgIpc) is 3.06. The number of ether oxygens (including phenoxy) is 1. The van der Waals surface area contributed by atoms with Crippen LogP contribution in [0.1, 0.15) is 10.5 Å². The number of methoxy groups -OCH3 is 1. The van der Waals surface area contributed by atoms with Crippen LogP contribution in [0.15, 0.2) is 41.1 Å². The van der Waals surface area contributed by atoms with Gasteiger partial charge in [0.2, 0.25) is 0 Å². The van der Waals surface area contributed by atoms with Crippen LogP contribution >= 0.6 is 11.3 Å². The molecule has 3 rings (SSSR count). The predicted octanol–water partition coefficient (Wildman–Crippen LogP) is 2.85. The summed E-state index contributed by atoms with van der Waals surface area (Å²) >= 11 is 1.62. The summed E-state index contributed by atoms with van der Waals surface area (Å²) in [6.07, 6.45) is 0. The van der Waals surface area contributed by atoms with Crippen molar-refractivity contribution in [3.63, 3.8) is 0 Å². The summed E-state index contributed by atoms with van der Waals surface area (Å²) in [5, 5.41) is 8.49. The molecule has 3 aromatic rings. The van der Waals surface area contributed by atoms with Crippen molar-refractivity contribution in [3.8, 4) is 11.3 Å². The lowest BCUT2D eigenvalue weighted by molar-refractivity contribution is 0.0591. The molecule has 0 N–H and O–H groups in total. The second-order valence-electron chi connectivity index (χ2n) is 3.78. The minimum atomic E-state index is -0.384.